The molecule has 0 atom stereocenters. The summed E-state index contributed by atoms with van der Waals surface area (Å²) in [4.78, 5) is 12.2. The molecule has 0 unspecified atom stereocenters. The molecule has 0 heterocycles. The van der Waals surface area contributed by atoms with Crippen LogP contribution in [0.5, 0.6) is 5.75 Å². The molecule has 0 radical (unpaired) electrons. The molecule has 2 rings (SSSR count). The molecule has 0 saturated carbocycles. The van der Waals surface area contributed by atoms with E-state index in [9.17, 15) is 17.6 Å². The second-order valence-corrected chi connectivity index (χ2v) is 8.44. The molecule has 1 amide bonds. The minimum atomic E-state index is -3.50. The summed E-state index contributed by atoms with van der Waals surface area (Å²) in [5.74, 6) is -0.0622. The number of benzene rings is 2. The van der Waals surface area contributed by atoms with E-state index in [2.05, 4.69) is 19.2 Å². The molecule has 7 heteroatoms. The number of carbonyl (C=O) groups excluding carboxylic acids is 1. The number of sulfone groups is 1. The third kappa shape index (κ3) is 5.56. The van der Waals surface area contributed by atoms with Gasteiger partial charge in [0.05, 0.1) is 17.2 Å². The predicted molar refractivity (Wildman–Crippen MR) is 98.9 cm³/mol. The van der Waals surface area contributed by atoms with Crippen LogP contribution in [0.3, 0.4) is 0 Å². The molecule has 2 aromatic carbocycles. The van der Waals surface area contributed by atoms with Gasteiger partial charge in [-0.05, 0) is 54.8 Å². The van der Waals surface area contributed by atoms with Gasteiger partial charge in [-0.1, -0.05) is 13.8 Å². The Balaban J connectivity index is 2.08. The molecule has 140 valence electrons. The summed E-state index contributed by atoms with van der Waals surface area (Å²) >= 11 is 0. The highest BCUT2D eigenvalue weighted by atomic mass is 32.2. The highest BCUT2D eigenvalue weighted by Crippen LogP contribution is 2.21. The number of hydrogen-bond donors (Lipinski definition) is 1. The van der Waals surface area contributed by atoms with Crippen LogP contribution in [0.4, 0.5) is 10.1 Å². The Morgan fingerprint density at radius 2 is 1.81 bits per heavy atom. The largest absolute Gasteiger partial charge is 0.494 e. The van der Waals surface area contributed by atoms with Crippen molar-refractivity contribution in [1.82, 2.24) is 0 Å². The number of hydrogen-bond acceptors (Lipinski definition) is 4. The Hall–Kier alpha value is -2.41. The molecule has 0 fully saturated rings. The summed E-state index contributed by atoms with van der Waals surface area (Å²) in [6.45, 7) is 4.80. The van der Waals surface area contributed by atoms with Crippen LogP contribution in [0.25, 0.3) is 0 Å². The second kappa shape index (κ2) is 8.31. The smallest absolute Gasteiger partial charge is 0.255 e. The maximum Gasteiger partial charge on any atom is 0.255 e. The van der Waals surface area contributed by atoms with Crippen molar-refractivity contribution < 1.29 is 22.3 Å². The van der Waals surface area contributed by atoms with Gasteiger partial charge in [0, 0.05) is 11.8 Å². The number of carbonyl (C=O) groups is 1. The monoisotopic (exact) mass is 379 g/mol. The van der Waals surface area contributed by atoms with Crippen LogP contribution in [0.15, 0.2) is 47.4 Å². The summed E-state index contributed by atoms with van der Waals surface area (Å²) in [6, 6.07) is 9.74. The number of ether oxygens (including phenoxy) is 1. The minimum absolute atomic E-state index is 0.0666. The number of nitrogens with one attached hydrogen (secondary N) is 1. The van der Waals surface area contributed by atoms with Crippen molar-refractivity contribution in [2.24, 2.45) is 5.92 Å². The van der Waals surface area contributed by atoms with Crippen LogP contribution in [-0.2, 0) is 9.84 Å². The SMILES string of the molecule is CC(C)CCOc1ccc(C(=O)Nc2cc(S(C)(=O)=O)ccc2F)cc1. The van der Waals surface area contributed by atoms with E-state index in [4.69, 9.17) is 4.74 Å². The van der Waals surface area contributed by atoms with Gasteiger partial charge in [-0.3, -0.25) is 4.79 Å². The molecule has 0 aliphatic carbocycles. The van der Waals surface area contributed by atoms with Crippen molar-refractivity contribution in [1.29, 1.82) is 0 Å². The molecule has 0 spiro atoms. The third-order valence-corrected chi connectivity index (χ3v) is 4.80. The van der Waals surface area contributed by atoms with E-state index in [1.807, 2.05) is 0 Å². The van der Waals surface area contributed by atoms with Crippen molar-refractivity contribution in [2.75, 3.05) is 18.2 Å². The van der Waals surface area contributed by atoms with Gasteiger partial charge in [0.1, 0.15) is 11.6 Å². The van der Waals surface area contributed by atoms with E-state index in [0.29, 0.717) is 23.8 Å². The Bertz CT molecular complexity index is 877. The number of halogens is 1. The lowest BCUT2D eigenvalue weighted by Gasteiger charge is -2.10. The summed E-state index contributed by atoms with van der Waals surface area (Å²) in [7, 11) is -3.50. The van der Waals surface area contributed by atoms with Gasteiger partial charge in [0.15, 0.2) is 9.84 Å². The molecule has 0 aliphatic heterocycles. The number of rotatable bonds is 7. The summed E-state index contributed by atoms with van der Waals surface area (Å²) in [5, 5.41) is 2.40. The van der Waals surface area contributed by atoms with Crippen molar-refractivity contribution in [3.8, 4) is 5.75 Å². The van der Waals surface area contributed by atoms with Gasteiger partial charge in [-0.25, -0.2) is 12.8 Å². The van der Waals surface area contributed by atoms with E-state index < -0.39 is 21.6 Å². The van der Waals surface area contributed by atoms with Crippen LogP contribution in [0.1, 0.15) is 30.6 Å². The van der Waals surface area contributed by atoms with Crippen LogP contribution in [0.2, 0.25) is 0 Å². The molecule has 0 aromatic heterocycles. The van der Waals surface area contributed by atoms with Crippen molar-refractivity contribution in [3.63, 3.8) is 0 Å². The summed E-state index contributed by atoms with van der Waals surface area (Å²) in [6.07, 6.45) is 1.95. The van der Waals surface area contributed by atoms with E-state index in [-0.39, 0.29) is 10.6 Å². The maximum atomic E-state index is 13.9. The number of anilines is 1. The quantitative estimate of drug-likeness (QED) is 0.741. The average molecular weight is 379 g/mol. The molecular formula is C19H22FNO4S. The average Bonchev–Trinajstić information content (AvgIpc) is 2.56. The fraction of sp³-hybridized carbons (Fsp3) is 0.316. The lowest BCUT2D eigenvalue weighted by molar-refractivity contribution is 0.102. The summed E-state index contributed by atoms with van der Waals surface area (Å²) < 4.78 is 42.6. The zero-order valence-electron chi connectivity index (χ0n) is 15.0. The standard InChI is InChI=1S/C19H22FNO4S/c1-13(2)10-11-25-15-6-4-14(5-7-15)19(22)21-18-12-16(26(3,23)24)8-9-17(18)20/h4-9,12-13H,10-11H2,1-3H3,(H,21,22). The highest BCUT2D eigenvalue weighted by Gasteiger charge is 2.14. The van der Waals surface area contributed by atoms with Crippen molar-refractivity contribution in [2.45, 2.75) is 25.2 Å². The first kappa shape index (κ1) is 19.9. The lowest BCUT2D eigenvalue weighted by Crippen LogP contribution is -2.13. The molecule has 0 aliphatic rings. The highest BCUT2D eigenvalue weighted by molar-refractivity contribution is 7.90. The zero-order valence-corrected chi connectivity index (χ0v) is 15.8. The van der Waals surface area contributed by atoms with Gasteiger partial charge in [0.25, 0.3) is 5.91 Å². The van der Waals surface area contributed by atoms with Gasteiger partial charge >= 0.3 is 0 Å². The van der Waals surface area contributed by atoms with Crippen LogP contribution < -0.4 is 10.1 Å². The number of amides is 1. The van der Waals surface area contributed by atoms with Gasteiger partial charge in [-0.2, -0.15) is 0 Å². The van der Waals surface area contributed by atoms with Crippen LogP contribution in [0, 0.1) is 11.7 Å². The molecule has 0 saturated heterocycles. The fourth-order valence-electron chi connectivity index (χ4n) is 2.14. The first-order valence-corrected chi connectivity index (χ1v) is 10.1. The zero-order chi connectivity index (χ0) is 19.3. The van der Waals surface area contributed by atoms with Gasteiger partial charge in [0.2, 0.25) is 0 Å². The van der Waals surface area contributed by atoms with E-state index in [1.54, 1.807) is 24.3 Å². The van der Waals surface area contributed by atoms with Crippen molar-refractivity contribution in [3.05, 3.63) is 53.8 Å². The fourth-order valence-corrected chi connectivity index (χ4v) is 2.79. The lowest BCUT2D eigenvalue weighted by atomic mass is 10.1. The first-order chi connectivity index (χ1) is 12.2. The Morgan fingerprint density at radius 1 is 1.15 bits per heavy atom. The normalized spacial score (nSPS) is 11.4. The molecule has 1 N–H and O–H groups in total. The van der Waals surface area contributed by atoms with Crippen LogP contribution in [-0.4, -0.2) is 27.2 Å². The van der Waals surface area contributed by atoms with E-state index >= 15 is 0 Å². The molecule has 5 nitrogen and oxygen atoms in total. The Labute approximate surface area is 153 Å². The second-order valence-electron chi connectivity index (χ2n) is 6.42. The van der Waals surface area contributed by atoms with Crippen molar-refractivity contribution >= 4 is 21.4 Å². The molecular weight excluding hydrogens is 357 g/mol. The molecule has 0 bridgehead atoms. The Kier molecular flexibility index (Phi) is 6.37. The Morgan fingerprint density at radius 3 is 2.38 bits per heavy atom. The third-order valence-electron chi connectivity index (χ3n) is 3.69. The van der Waals surface area contributed by atoms with Gasteiger partial charge < -0.3 is 10.1 Å². The molecule has 26 heavy (non-hydrogen) atoms. The predicted octanol–water partition coefficient (Wildman–Crippen LogP) is 3.91. The van der Waals surface area contributed by atoms with E-state index in [1.165, 1.54) is 0 Å². The topological polar surface area (TPSA) is 72.5 Å². The first-order valence-electron chi connectivity index (χ1n) is 8.20. The minimum Gasteiger partial charge on any atom is -0.494 e. The maximum absolute atomic E-state index is 13.9. The summed E-state index contributed by atoms with van der Waals surface area (Å²) in [5.41, 5.74) is 0.126. The van der Waals surface area contributed by atoms with E-state index in [0.717, 1.165) is 30.9 Å². The molecule has 2 aromatic rings. The van der Waals surface area contributed by atoms with Crippen LogP contribution >= 0.6 is 0 Å². The van der Waals surface area contributed by atoms with Gasteiger partial charge in [-0.15, -0.1) is 0 Å².